The maximum absolute atomic E-state index is 12.9. The van der Waals surface area contributed by atoms with Crippen LogP contribution in [0, 0.1) is 18.3 Å². The lowest BCUT2D eigenvalue weighted by Gasteiger charge is -2.22. The van der Waals surface area contributed by atoms with Gasteiger partial charge in [-0.1, -0.05) is 43.0 Å². The Morgan fingerprint density at radius 2 is 1.89 bits per heavy atom. The summed E-state index contributed by atoms with van der Waals surface area (Å²) in [5.41, 5.74) is 3.11. The predicted octanol–water partition coefficient (Wildman–Crippen LogP) is 5.23. The minimum atomic E-state index is -0.912. The molecule has 11 heteroatoms. The van der Waals surface area contributed by atoms with E-state index in [-0.39, 0.29) is 17.5 Å². The number of benzene rings is 2. The van der Waals surface area contributed by atoms with Crippen molar-refractivity contribution in [3.8, 4) is 29.6 Å². The average Bonchev–Trinajstić information content (AvgIpc) is 2.83. The van der Waals surface area contributed by atoms with Gasteiger partial charge in [0, 0.05) is 5.02 Å². The van der Waals surface area contributed by atoms with Crippen LogP contribution < -0.4 is 25.0 Å². The summed E-state index contributed by atoms with van der Waals surface area (Å²) in [4.78, 5) is 25.6. The Morgan fingerprint density at radius 1 is 1.16 bits per heavy atom. The molecule has 2 amide bonds. The zero-order valence-electron chi connectivity index (χ0n) is 20.8. The van der Waals surface area contributed by atoms with E-state index in [4.69, 9.17) is 43.8 Å². The van der Waals surface area contributed by atoms with Gasteiger partial charge >= 0.3 is 0 Å². The lowest BCUT2D eigenvalue weighted by Crippen LogP contribution is -2.49. The molecule has 0 saturated heterocycles. The van der Waals surface area contributed by atoms with Crippen molar-refractivity contribution in [3.63, 3.8) is 0 Å². The molecule has 0 bridgehead atoms. The number of hydrazone groups is 1. The van der Waals surface area contributed by atoms with Gasteiger partial charge in [-0.3, -0.25) is 9.59 Å². The van der Waals surface area contributed by atoms with Gasteiger partial charge in [0.1, 0.15) is 18.4 Å². The van der Waals surface area contributed by atoms with Crippen LogP contribution in [-0.4, -0.2) is 43.9 Å². The molecule has 0 spiro atoms. The van der Waals surface area contributed by atoms with Gasteiger partial charge in [0.05, 0.1) is 22.8 Å². The van der Waals surface area contributed by atoms with Gasteiger partial charge in [0.2, 0.25) is 0 Å². The average molecular weight is 613 g/mol. The molecule has 0 aliphatic heterocycles. The largest absolute Gasteiger partial charge is 0.493 e. The summed E-state index contributed by atoms with van der Waals surface area (Å²) < 4.78 is 17.1. The molecular weight excluding hydrogens is 585 g/mol. The number of carbonyl (C=O) groups is 2. The molecule has 0 aliphatic rings. The molecule has 2 aromatic carbocycles. The summed E-state index contributed by atoms with van der Waals surface area (Å²) in [6.07, 6.45) is 6.17. The lowest BCUT2D eigenvalue weighted by molar-refractivity contribution is -0.132. The quantitative estimate of drug-likeness (QED) is 0.194. The van der Waals surface area contributed by atoms with Crippen LogP contribution >= 0.6 is 39.1 Å². The number of hydrogen-bond acceptors (Lipinski definition) is 6. The van der Waals surface area contributed by atoms with Gasteiger partial charge < -0.3 is 19.5 Å². The van der Waals surface area contributed by atoms with E-state index in [1.54, 1.807) is 31.2 Å². The zero-order chi connectivity index (χ0) is 27.5. The Balaban J connectivity index is 2.07. The third-order valence-electron chi connectivity index (χ3n) is 4.85. The molecule has 2 atom stereocenters. The Hall–Kier alpha value is -2.93. The number of terminal acetylenes is 1. The Labute approximate surface area is 235 Å². The molecular formula is C26H28BrCl2N3O5. The molecule has 0 aliphatic carbocycles. The number of rotatable bonds is 12. The van der Waals surface area contributed by atoms with Crippen molar-refractivity contribution in [2.45, 2.75) is 39.3 Å². The van der Waals surface area contributed by atoms with E-state index in [1.165, 1.54) is 19.4 Å². The van der Waals surface area contributed by atoms with Crippen molar-refractivity contribution in [3.05, 3.63) is 50.4 Å². The van der Waals surface area contributed by atoms with E-state index < -0.39 is 24.0 Å². The van der Waals surface area contributed by atoms with Crippen LogP contribution in [-0.2, 0) is 9.59 Å². The summed E-state index contributed by atoms with van der Waals surface area (Å²) in [5, 5.41) is 7.48. The normalized spacial score (nSPS) is 12.5. The van der Waals surface area contributed by atoms with Gasteiger partial charge in [-0.25, -0.2) is 5.43 Å². The summed E-state index contributed by atoms with van der Waals surface area (Å²) in [7, 11) is 1.50. The van der Waals surface area contributed by atoms with Crippen LogP contribution in [0.5, 0.6) is 17.2 Å². The summed E-state index contributed by atoms with van der Waals surface area (Å²) >= 11 is 15.4. The first kappa shape index (κ1) is 30.3. The van der Waals surface area contributed by atoms with Crippen molar-refractivity contribution in [2.75, 3.05) is 13.7 Å². The van der Waals surface area contributed by atoms with Gasteiger partial charge in [0.15, 0.2) is 17.6 Å². The number of nitrogens with zero attached hydrogens (tertiary/aromatic N) is 1. The smallest absolute Gasteiger partial charge is 0.262 e. The molecule has 37 heavy (non-hydrogen) atoms. The number of nitrogens with one attached hydrogen (secondary N) is 2. The van der Waals surface area contributed by atoms with Crippen molar-refractivity contribution >= 4 is 57.2 Å². The van der Waals surface area contributed by atoms with Crippen LogP contribution in [0.4, 0.5) is 0 Å². The van der Waals surface area contributed by atoms with Gasteiger partial charge in [-0.15, -0.1) is 6.42 Å². The fourth-order valence-corrected chi connectivity index (χ4v) is 4.15. The zero-order valence-corrected chi connectivity index (χ0v) is 23.9. The number of hydrogen-bond donors (Lipinski definition) is 2. The fraction of sp³-hybridized carbons (Fsp3) is 0.346. The Morgan fingerprint density at radius 3 is 2.51 bits per heavy atom. The summed E-state index contributed by atoms with van der Waals surface area (Å²) in [6, 6.07) is 7.27. The third kappa shape index (κ3) is 9.47. The maximum atomic E-state index is 12.9. The second kappa shape index (κ2) is 14.7. The molecule has 0 heterocycles. The van der Waals surface area contributed by atoms with Gasteiger partial charge in [0.25, 0.3) is 11.8 Å². The Kier molecular flexibility index (Phi) is 12.1. The first-order valence-electron chi connectivity index (χ1n) is 11.2. The van der Waals surface area contributed by atoms with Crippen molar-refractivity contribution < 1.29 is 23.8 Å². The highest BCUT2D eigenvalue weighted by atomic mass is 79.9. The third-order valence-corrected chi connectivity index (χ3v) is 5.97. The maximum Gasteiger partial charge on any atom is 0.262 e. The van der Waals surface area contributed by atoms with E-state index in [2.05, 4.69) is 37.7 Å². The summed E-state index contributed by atoms with van der Waals surface area (Å²) in [6.45, 7) is 5.52. The standard InChI is InChI=1S/C26H28BrCl2N3O5/c1-6-9-36-24-19(27)11-17(12-23(24)35-5)14-30-32-26(34)21(10-15(2)3)31-25(33)16(4)37-22-8-7-18(28)13-20(22)29/h1,7-8,11-16,21H,9-10H2,2-5H3,(H,31,33)(H,32,34)/b30-14-/t16-,21-/m1/s1. The second-order valence-corrected chi connectivity index (χ2v) is 9.98. The van der Waals surface area contributed by atoms with Crippen LogP contribution in [0.2, 0.25) is 10.0 Å². The van der Waals surface area contributed by atoms with Crippen LogP contribution in [0.25, 0.3) is 0 Å². The first-order valence-corrected chi connectivity index (χ1v) is 12.8. The Bertz CT molecular complexity index is 1180. The minimum Gasteiger partial charge on any atom is -0.493 e. The molecule has 0 fully saturated rings. The molecule has 0 radical (unpaired) electrons. The van der Waals surface area contributed by atoms with Gasteiger partial charge in [-0.2, -0.15) is 5.10 Å². The first-order chi connectivity index (χ1) is 17.5. The monoisotopic (exact) mass is 611 g/mol. The molecule has 198 valence electrons. The van der Waals surface area contributed by atoms with Crippen molar-refractivity contribution in [1.82, 2.24) is 10.7 Å². The number of ether oxygens (including phenoxy) is 3. The molecule has 0 aromatic heterocycles. The van der Waals surface area contributed by atoms with Crippen LogP contribution in [0.1, 0.15) is 32.8 Å². The van der Waals surface area contributed by atoms with Crippen molar-refractivity contribution in [2.24, 2.45) is 11.0 Å². The highest BCUT2D eigenvalue weighted by Gasteiger charge is 2.25. The molecule has 2 N–H and O–H groups in total. The number of methoxy groups -OCH3 is 1. The molecule has 8 nitrogen and oxygen atoms in total. The van der Waals surface area contributed by atoms with Crippen LogP contribution in [0.15, 0.2) is 39.9 Å². The molecule has 2 rings (SSSR count). The molecule has 2 aromatic rings. The van der Waals surface area contributed by atoms with E-state index in [0.717, 1.165) is 0 Å². The lowest BCUT2D eigenvalue weighted by atomic mass is 10.0. The highest BCUT2D eigenvalue weighted by Crippen LogP contribution is 2.36. The van der Waals surface area contributed by atoms with Gasteiger partial charge in [-0.05, 0) is 71.1 Å². The fourth-order valence-electron chi connectivity index (χ4n) is 3.12. The summed E-state index contributed by atoms with van der Waals surface area (Å²) in [5.74, 6) is 2.77. The highest BCUT2D eigenvalue weighted by molar-refractivity contribution is 9.10. The second-order valence-electron chi connectivity index (χ2n) is 8.29. The van der Waals surface area contributed by atoms with Crippen molar-refractivity contribution in [1.29, 1.82) is 0 Å². The van der Waals surface area contributed by atoms with E-state index >= 15 is 0 Å². The number of carbonyl (C=O) groups excluding carboxylic acids is 2. The number of halogens is 3. The SMILES string of the molecule is C#CCOc1c(Br)cc(/C=N\NC(=O)[C@@H](CC(C)C)NC(=O)[C@@H](C)Oc2ccc(Cl)cc2Cl)cc1OC. The van der Waals surface area contributed by atoms with Crippen LogP contribution in [0.3, 0.4) is 0 Å². The number of amides is 2. The topological polar surface area (TPSA) is 98.2 Å². The van der Waals surface area contributed by atoms with E-state index in [9.17, 15) is 9.59 Å². The predicted molar refractivity (Wildman–Crippen MR) is 149 cm³/mol. The van der Waals surface area contributed by atoms with E-state index in [0.29, 0.717) is 38.7 Å². The van der Waals surface area contributed by atoms with E-state index in [1.807, 2.05) is 13.8 Å². The minimum absolute atomic E-state index is 0.0812. The molecule has 0 unspecified atom stereocenters. The molecule has 0 saturated carbocycles.